The molecule has 0 aliphatic carbocycles. The van der Waals surface area contributed by atoms with Crippen LogP contribution in [0.3, 0.4) is 0 Å². The zero-order chi connectivity index (χ0) is 12.5. The molecule has 0 saturated heterocycles. The van der Waals surface area contributed by atoms with Crippen LogP contribution in [0.2, 0.25) is 0 Å². The largest absolute Gasteiger partial charge is 0.444 e. The topological polar surface area (TPSA) is 67.4 Å². The normalized spacial score (nSPS) is 9.47. The molecule has 0 unspecified atom stereocenters. The Labute approximate surface area is 91.6 Å². The number of nitrogens with one attached hydrogen (secondary N) is 2. The molecular weight excluding hydrogens is 196 g/mol. The number of carbonyl (C=O) groups is 2. The van der Waals surface area contributed by atoms with Gasteiger partial charge in [-0.15, -0.1) is 0 Å². The van der Waals surface area contributed by atoms with Crippen LogP contribution in [0.25, 0.3) is 0 Å². The Morgan fingerprint density at radius 2 is 1.67 bits per heavy atom. The highest BCUT2D eigenvalue weighted by Gasteiger charge is 2.15. The SMILES string of the molecule is CC.CNC(=O)CNC(=O)OC(C)(C)C. The maximum absolute atomic E-state index is 11.0. The minimum atomic E-state index is -0.587. The minimum absolute atomic E-state index is 0.0641. The van der Waals surface area contributed by atoms with E-state index < -0.39 is 11.7 Å². The van der Waals surface area contributed by atoms with Crippen LogP contribution in [0.15, 0.2) is 0 Å². The first-order valence-corrected chi connectivity index (χ1v) is 5.02. The van der Waals surface area contributed by atoms with Gasteiger partial charge in [-0.3, -0.25) is 4.79 Å². The molecule has 0 aromatic carbocycles. The van der Waals surface area contributed by atoms with Crippen LogP contribution >= 0.6 is 0 Å². The third-order valence-corrected chi connectivity index (χ3v) is 1.07. The lowest BCUT2D eigenvalue weighted by Gasteiger charge is -2.19. The number of amides is 2. The highest BCUT2D eigenvalue weighted by atomic mass is 16.6. The van der Waals surface area contributed by atoms with Crippen molar-refractivity contribution in [1.29, 1.82) is 0 Å². The molecule has 0 radical (unpaired) electrons. The van der Waals surface area contributed by atoms with E-state index in [0.29, 0.717) is 0 Å². The lowest BCUT2D eigenvalue weighted by Crippen LogP contribution is -2.38. The van der Waals surface area contributed by atoms with Crippen LogP contribution in [-0.4, -0.2) is 31.2 Å². The Balaban J connectivity index is 0. The Kier molecular flexibility index (Phi) is 8.72. The van der Waals surface area contributed by atoms with Crippen LogP contribution in [0.5, 0.6) is 0 Å². The van der Waals surface area contributed by atoms with E-state index in [0.717, 1.165) is 0 Å². The fraction of sp³-hybridized carbons (Fsp3) is 0.800. The van der Waals surface area contributed by atoms with Crippen LogP contribution in [-0.2, 0) is 9.53 Å². The number of rotatable bonds is 2. The van der Waals surface area contributed by atoms with Crippen molar-refractivity contribution < 1.29 is 14.3 Å². The Morgan fingerprint density at radius 3 is 2.00 bits per heavy atom. The van der Waals surface area contributed by atoms with Crippen molar-refractivity contribution >= 4 is 12.0 Å². The Morgan fingerprint density at radius 1 is 1.20 bits per heavy atom. The second-order valence-corrected chi connectivity index (χ2v) is 3.53. The molecule has 0 aliphatic rings. The van der Waals surface area contributed by atoms with Crippen LogP contribution in [0, 0.1) is 0 Å². The van der Waals surface area contributed by atoms with Gasteiger partial charge in [0.1, 0.15) is 5.60 Å². The van der Waals surface area contributed by atoms with Crippen molar-refractivity contribution in [3.63, 3.8) is 0 Å². The molecule has 0 rings (SSSR count). The van der Waals surface area contributed by atoms with Gasteiger partial charge in [-0.1, -0.05) is 13.8 Å². The smallest absolute Gasteiger partial charge is 0.408 e. The molecule has 0 aliphatic heterocycles. The summed E-state index contributed by atoms with van der Waals surface area (Å²) in [7, 11) is 1.50. The molecule has 0 atom stereocenters. The zero-order valence-corrected chi connectivity index (χ0v) is 10.4. The highest BCUT2D eigenvalue weighted by molar-refractivity contribution is 5.81. The van der Waals surface area contributed by atoms with E-state index in [2.05, 4.69) is 10.6 Å². The van der Waals surface area contributed by atoms with Crippen LogP contribution in [0.4, 0.5) is 4.79 Å². The van der Waals surface area contributed by atoms with Crippen molar-refractivity contribution in [3.05, 3.63) is 0 Å². The monoisotopic (exact) mass is 218 g/mol. The third kappa shape index (κ3) is 12.7. The maximum atomic E-state index is 11.0. The average Bonchev–Trinajstić information content (AvgIpc) is 2.14. The van der Waals surface area contributed by atoms with Gasteiger partial charge < -0.3 is 15.4 Å². The number of carbonyl (C=O) groups excluding carboxylic acids is 2. The first-order valence-electron chi connectivity index (χ1n) is 5.02. The Bertz CT molecular complexity index is 197. The number of likely N-dealkylation sites (N-methyl/N-ethyl adjacent to an activating group) is 1. The summed E-state index contributed by atoms with van der Waals surface area (Å²) in [5.41, 5.74) is -0.535. The molecule has 2 amide bonds. The third-order valence-electron chi connectivity index (χ3n) is 1.07. The van der Waals surface area contributed by atoms with Crippen LogP contribution in [0.1, 0.15) is 34.6 Å². The maximum Gasteiger partial charge on any atom is 0.408 e. The molecule has 0 spiro atoms. The van der Waals surface area contributed by atoms with E-state index >= 15 is 0 Å². The van der Waals surface area contributed by atoms with Gasteiger partial charge in [0.15, 0.2) is 0 Å². The first-order chi connectivity index (χ1) is 6.85. The summed E-state index contributed by atoms with van der Waals surface area (Å²) in [6.45, 7) is 9.21. The molecule has 0 heterocycles. The summed E-state index contributed by atoms with van der Waals surface area (Å²) in [6, 6.07) is 0. The van der Waals surface area contributed by atoms with E-state index in [1.165, 1.54) is 7.05 Å². The van der Waals surface area contributed by atoms with Crippen LogP contribution < -0.4 is 10.6 Å². The van der Waals surface area contributed by atoms with Gasteiger partial charge in [0, 0.05) is 7.05 Å². The number of hydrogen-bond donors (Lipinski definition) is 2. The number of ether oxygens (including phenoxy) is 1. The van der Waals surface area contributed by atoms with Gasteiger partial charge in [-0.2, -0.15) is 0 Å². The van der Waals surface area contributed by atoms with Gasteiger partial charge >= 0.3 is 6.09 Å². The summed E-state index contributed by atoms with van der Waals surface area (Å²) >= 11 is 0. The number of hydrogen-bond acceptors (Lipinski definition) is 3. The molecule has 15 heavy (non-hydrogen) atoms. The van der Waals surface area contributed by atoms with Gasteiger partial charge in [0.05, 0.1) is 6.54 Å². The van der Waals surface area contributed by atoms with Gasteiger partial charge in [-0.25, -0.2) is 4.79 Å². The summed E-state index contributed by atoms with van der Waals surface area (Å²) in [4.78, 5) is 21.7. The zero-order valence-electron chi connectivity index (χ0n) is 10.4. The average molecular weight is 218 g/mol. The lowest BCUT2D eigenvalue weighted by atomic mass is 10.2. The predicted molar refractivity (Wildman–Crippen MR) is 59.7 cm³/mol. The molecule has 0 aromatic rings. The van der Waals surface area contributed by atoms with Crippen molar-refractivity contribution in [2.24, 2.45) is 0 Å². The van der Waals surface area contributed by atoms with Crippen molar-refractivity contribution in [1.82, 2.24) is 10.6 Å². The van der Waals surface area contributed by atoms with E-state index in [1.54, 1.807) is 20.8 Å². The summed E-state index contributed by atoms with van der Waals surface area (Å²) in [5.74, 6) is -0.258. The molecule has 0 bridgehead atoms. The molecule has 0 aromatic heterocycles. The van der Waals surface area contributed by atoms with E-state index in [1.807, 2.05) is 13.8 Å². The number of alkyl carbamates (subject to hydrolysis) is 1. The fourth-order valence-corrected chi connectivity index (χ4v) is 0.555. The van der Waals surface area contributed by atoms with Crippen molar-refractivity contribution in [3.8, 4) is 0 Å². The minimum Gasteiger partial charge on any atom is -0.444 e. The second kappa shape index (κ2) is 8.08. The summed E-state index contributed by atoms with van der Waals surface area (Å²) < 4.78 is 4.90. The standard InChI is InChI=1S/C8H16N2O3.C2H6/c1-8(2,3)13-7(12)10-5-6(11)9-4;1-2/h5H2,1-4H3,(H,9,11)(H,10,12);1-2H3. The summed E-state index contributed by atoms with van der Waals surface area (Å²) in [6.07, 6.45) is -0.587. The Hall–Kier alpha value is -1.26. The second-order valence-electron chi connectivity index (χ2n) is 3.53. The quantitative estimate of drug-likeness (QED) is 0.733. The van der Waals surface area contributed by atoms with Crippen molar-refractivity contribution in [2.45, 2.75) is 40.2 Å². The molecule has 0 fully saturated rings. The summed E-state index contributed by atoms with van der Waals surface area (Å²) in [5, 5.41) is 4.69. The van der Waals surface area contributed by atoms with E-state index in [4.69, 9.17) is 4.74 Å². The lowest BCUT2D eigenvalue weighted by molar-refractivity contribution is -0.119. The molecular formula is C10H22N2O3. The molecule has 5 nitrogen and oxygen atoms in total. The fourth-order valence-electron chi connectivity index (χ4n) is 0.555. The molecule has 2 N–H and O–H groups in total. The van der Waals surface area contributed by atoms with Gasteiger partial charge in [-0.05, 0) is 20.8 Å². The molecule has 5 heteroatoms. The van der Waals surface area contributed by atoms with Crippen molar-refractivity contribution in [2.75, 3.05) is 13.6 Å². The van der Waals surface area contributed by atoms with Gasteiger partial charge in [0.25, 0.3) is 0 Å². The van der Waals surface area contributed by atoms with Gasteiger partial charge in [0.2, 0.25) is 5.91 Å². The van der Waals surface area contributed by atoms with E-state index in [-0.39, 0.29) is 12.5 Å². The highest BCUT2D eigenvalue weighted by Crippen LogP contribution is 2.05. The first kappa shape index (κ1) is 16.2. The predicted octanol–water partition coefficient (Wildman–Crippen LogP) is 1.28. The molecule has 0 saturated carbocycles. The van der Waals surface area contributed by atoms with E-state index in [9.17, 15) is 9.59 Å². The molecule has 90 valence electrons.